The van der Waals surface area contributed by atoms with Gasteiger partial charge in [0.2, 0.25) is 0 Å². The summed E-state index contributed by atoms with van der Waals surface area (Å²) >= 11 is 0. The van der Waals surface area contributed by atoms with E-state index in [4.69, 9.17) is 0 Å². The average molecular weight is 232 g/mol. The van der Waals surface area contributed by atoms with Crippen LogP contribution in [0, 0.1) is 17.3 Å². The average Bonchev–Trinajstić information content (AvgIpc) is 2.29. The molecular weight excluding hydrogens is 204 g/mol. The molecule has 0 amide bonds. The van der Waals surface area contributed by atoms with E-state index in [1.165, 1.54) is 5.56 Å². The van der Waals surface area contributed by atoms with Gasteiger partial charge in [0, 0.05) is 0 Å². The van der Waals surface area contributed by atoms with Crippen molar-refractivity contribution in [1.82, 2.24) is 0 Å². The molecule has 1 rings (SSSR count). The molecule has 0 aliphatic rings. The van der Waals surface area contributed by atoms with Crippen LogP contribution in [0.25, 0.3) is 0 Å². The third kappa shape index (κ3) is 2.73. The summed E-state index contributed by atoms with van der Waals surface area (Å²) in [4.78, 5) is 0. The summed E-state index contributed by atoms with van der Waals surface area (Å²) in [7, 11) is 0. The number of rotatable bonds is 4. The summed E-state index contributed by atoms with van der Waals surface area (Å²) in [6.45, 7) is 16.6. The Morgan fingerprint density at radius 1 is 0.824 bits per heavy atom. The van der Waals surface area contributed by atoms with Gasteiger partial charge in [-0.2, -0.15) is 0 Å². The zero-order valence-corrected chi connectivity index (χ0v) is 12.5. The van der Waals surface area contributed by atoms with Crippen LogP contribution in [-0.2, 0) is 5.41 Å². The van der Waals surface area contributed by atoms with E-state index >= 15 is 0 Å². The van der Waals surface area contributed by atoms with Crippen LogP contribution in [0.5, 0.6) is 0 Å². The minimum Gasteiger partial charge on any atom is -0.0623 e. The lowest BCUT2D eigenvalue weighted by atomic mass is 9.59. The molecule has 96 valence electrons. The highest BCUT2D eigenvalue weighted by Crippen LogP contribution is 2.45. The second-order valence-electron chi connectivity index (χ2n) is 6.79. The van der Waals surface area contributed by atoms with Crippen molar-refractivity contribution in [2.24, 2.45) is 17.3 Å². The molecule has 0 bridgehead atoms. The SMILES string of the molecule is CC(C)C(C)(C)C(C)C(C)(C)c1ccccc1. The molecule has 1 aromatic carbocycles. The van der Waals surface area contributed by atoms with E-state index in [9.17, 15) is 0 Å². The van der Waals surface area contributed by atoms with E-state index in [1.54, 1.807) is 0 Å². The normalized spacial score (nSPS) is 15.1. The summed E-state index contributed by atoms with van der Waals surface area (Å²) in [5.41, 5.74) is 2.01. The van der Waals surface area contributed by atoms with Crippen molar-refractivity contribution >= 4 is 0 Å². The Morgan fingerprint density at radius 3 is 1.71 bits per heavy atom. The summed E-state index contributed by atoms with van der Waals surface area (Å²) in [6.07, 6.45) is 0. The van der Waals surface area contributed by atoms with Crippen molar-refractivity contribution < 1.29 is 0 Å². The fourth-order valence-corrected chi connectivity index (χ4v) is 2.55. The molecule has 0 heteroatoms. The van der Waals surface area contributed by atoms with Crippen LogP contribution in [0.1, 0.15) is 54.0 Å². The lowest BCUT2D eigenvalue weighted by Gasteiger charge is -2.45. The lowest BCUT2D eigenvalue weighted by molar-refractivity contribution is 0.0916. The second-order valence-corrected chi connectivity index (χ2v) is 6.79. The molecular formula is C17H28. The third-order valence-corrected chi connectivity index (χ3v) is 5.20. The maximum Gasteiger partial charge on any atom is -0.00728 e. The molecule has 1 unspecified atom stereocenters. The Labute approximate surface area is 107 Å². The first-order valence-electron chi connectivity index (χ1n) is 6.76. The molecule has 0 nitrogen and oxygen atoms in total. The zero-order valence-electron chi connectivity index (χ0n) is 12.5. The van der Waals surface area contributed by atoms with E-state index in [2.05, 4.69) is 78.8 Å². The fraction of sp³-hybridized carbons (Fsp3) is 0.647. The van der Waals surface area contributed by atoms with Gasteiger partial charge < -0.3 is 0 Å². The summed E-state index contributed by atoms with van der Waals surface area (Å²) in [5, 5.41) is 0. The van der Waals surface area contributed by atoms with E-state index in [0.29, 0.717) is 17.3 Å². The van der Waals surface area contributed by atoms with Crippen LogP contribution < -0.4 is 0 Å². The van der Waals surface area contributed by atoms with Gasteiger partial charge in [-0.25, -0.2) is 0 Å². The first-order valence-corrected chi connectivity index (χ1v) is 6.76. The Bertz CT molecular complexity index is 344. The van der Waals surface area contributed by atoms with E-state index < -0.39 is 0 Å². The van der Waals surface area contributed by atoms with Crippen molar-refractivity contribution in [1.29, 1.82) is 0 Å². The smallest absolute Gasteiger partial charge is 0.00728 e. The number of benzene rings is 1. The largest absolute Gasteiger partial charge is 0.0623 e. The molecule has 0 radical (unpaired) electrons. The Hall–Kier alpha value is -0.780. The minimum absolute atomic E-state index is 0.217. The summed E-state index contributed by atoms with van der Waals surface area (Å²) in [6, 6.07) is 10.9. The molecule has 0 fully saturated rings. The van der Waals surface area contributed by atoms with Gasteiger partial charge in [0.15, 0.2) is 0 Å². The first-order chi connectivity index (χ1) is 7.70. The highest BCUT2D eigenvalue weighted by atomic mass is 14.4. The van der Waals surface area contributed by atoms with Gasteiger partial charge in [-0.1, -0.05) is 78.8 Å². The molecule has 1 atom stereocenters. The standard InChI is InChI=1S/C17H28/c1-13(2)16(4,5)14(3)17(6,7)15-11-9-8-10-12-15/h8-14H,1-7H3. The monoisotopic (exact) mass is 232 g/mol. The molecule has 1 aromatic rings. The van der Waals surface area contributed by atoms with Crippen molar-refractivity contribution in [3.05, 3.63) is 35.9 Å². The molecule has 0 heterocycles. The van der Waals surface area contributed by atoms with Crippen LogP contribution in [0.3, 0.4) is 0 Å². The van der Waals surface area contributed by atoms with E-state index in [1.807, 2.05) is 0 Å². The molecule has 0 N–H and O–H groups in total. The molecule has 0 spiro atoms. The van der Waals surface area contributed by atoms with E-state index in [0.717, 1.165) is 0 Å². The molecule has 0 saturated carbocycles. The van der Waals surface area contributed by atoms with Crippen molar-refractivity contribution in [2.45, 2.75) is 53.9 Å². The molecule has 0 aromatic heterocycles. The maximum atomic E-state index is 2.40. The van der Waals surface area contributed by atoms with Crippen molar-refractivity contribution in [3.8, 4) is 0 Å². The number of hydrogen-bond acceptors (Lipinski definition) is 0. The molecule has 0 saturated heterocycles. The minimum atomic E-state index is 0.217. The predicted molar refractivity (Wildman–Crippen MR) is 77.3 cm³/mol. The number of hydrogen-bond donors (Lipinski definition) is 0. The van der Waals surface area contributed by atoms with Gasteiger partial charge in [0.1, 0.15) is 0 Å². The van der Waals surface area contributed by atoms with Crippen LogP contribution >= 0.6 is 0 Å². The zero-order chi connectivity index (χ0) is 13.3. The second kappa shape index (κ2) is 4.84. The topological polar surface area (TPSA) is 0 Å². The fourth-order valence-electron chi connectivity index (χ4n) is 2.55. The first kappa shape index (κ1) is 14.3. The highest BCUT2D eigenvalue weighted by molar-refractivity contribution is 5.25. The maximum absolute atomic E-state index is 2.40. The lowest BCUT2D eigenvalue weighted by Crippen LogP contribution is -2.40. The Kier molecular flexibility index (Phi) is 4.06. The highest BCUT2D eigenvalue weighted by Gasteiger charge is 2.39. The molecule has 0 aliphatic heterocycles. The summed E-state index contributed by atoms with van der Waals surface area (Å²) < 4.78 is 0. The Balaban J connectivity index is 3.07. The molecule has 0 aliphatic carbocycles. The van der Waals surface area contributed by atoms with Gasteiger partial charge in [0.25, 0.3) is 0 Å². The van der Waals surface area contributed by atoms with Gasteiger partial charge in [-0.15, -0.1) is 0 Å². The van der Waals surface area contributed by atoms with Crippen LogP contribution in [0.15, 0.2) is 30.3 Å². The quantitative estimate of drug-likeness (QED) is 0.662. The van der Waals surface area contributed by atoms with Crippen molar-refractivity contribution in [2.75, 3.05) is 0 Å². The van der Waals surface area contributed by atoms with Gasteiger partial charge >= 0.3 is 0 Å². The van der Waals surface area contributed by atoms with Gasteiger partial charge in [-0.3, -0.25) is 0 Å². The third-order valence-electron chi connectivity index (χ3n) is 5.20. The van der Waals surface area contributed by atoms with Crippen LogP contribution in [-0.4, -0.2) is 0 Å². The van der Waals surface area contributed by atoms with Crippen molar-refractivity contribution in [3.63, 3.8) is 0 Å². The van der Waals surface area contributed by atoms with E-state index in [-0.39, 0.29) is 5.41 Å². The summed E-state index contributed by atoms with van der Waals surface area (Å²) in [5.74, 6) is 1.33. The predicted octanol–water partition coefficient (Wildman–Crippen LogP) is 5.28. The van der Waals surface area contributed by atoms with Gasteiger partial charge in [0.05, 0.1) is 0 Å². The Morgan fingerprint density at radius 2 is 1.29 bits per heavy atom. The van der Waals surface area contributed by atoms with Gasteiger partial charge in [-0.05, 0) is 28.2 Å². The van der Waals surface area contributed by atoms with Crippen LogP contribution in [0.4, 0.5) is 0 Å². The molecule has 17 heavy (non-hydrogen) atoms. The van der Waals surface area contributed by atoms with Crippen LogP contribution in [0.2, 0.25) is 0 Å².